The van der Waals surface area contributed by atoms with Crippen molar-refractivity contribution in [1.82, 2.24) is 0 Å². The van der Waals surface area contributed by atoms with Gasteiger partial charge in [0.2, 0.25) is 0 Å². The molecule has 0 spiro atoms. The van der Waals surface area contributed by atoms with Crippen LogP contribution in [0.3, 0.4) is 0 Å². The van der Waals surface area contributed by atoms with E-state index in [-0.39, 0.29) is 17.0 Å². The van der Waals surface area contributed by atoms with Crippen LogP contribution in [0.25, 0.3) is 11.3 Å². The predicted molar refractivity (Wildman–Crippen MR) is 67.9 cm³/mol. The maximum Gasteiger partial charge on any atom is 0.334 e. The van der Waals surface area contributed by atoms with Gasteiger partial charge < -0.3 is 17.0 Å². The van der Waals surface area contributed by atoms with Crippen molar-refractivity contribution in [2.24, 2.45) is 0 Å². The second kappa shape index (κ2) is 4.78. The summed E-state index contributed by atoms with van der Waals surface area (Å²) >= 11 is 1.80. The standard InChI is InChI=1S/C13H14N2S.BrH/c1-9-3-4-11(10(2)7-9)12-8-16-13-14-5-6-15(12)13;/h3-4,7-8H,5-6H2,1-2H3;1H. The van der Waals surface area contributed by atoms with E-state index in [1.807, 2.05) is 0 Å². The van der Waals surface area contributed by atoms with Crippen LogP contribution >= 0.6 is 11.3 Å². The van der Waals surface area contributed by atoms with E-state index in [1.165, 1.54) is 27.5 Å². The second-order valence-corrected chi connectivity index (χ2v) is 5.18. The number of benzene rings is 1. The molecular formula is C13H15BrN2S. The molecule has 1 aromatic carbocycles. The fraction of sp³-hybridized carbons (Fsp3) is 0.308. The third kappa shape index (κ3) is 2.11. The average molecular weight is 311 g/mol. The highest BCUT2D eigenvalue weighted by Crippen LogP contribution is 2.27. The molecule has 2 aromatic rings. The summed E-state index contributed by atoms with van der Waals surface area (Å²) in [5, 5.41) is 6.94. The summed E-state index contributed by atoms with van der Waals surface area (Å²) in [6.45, 7) is 6.48. The molecule has 1 N–H and O–H groups in total. The van der Waals surface area contributed by atoms with Crippen molar-refractivity contribution in [3.05, 3.63) is 34.7 Å². The number of rotatable bonds is 1. The van der Waals surface area contributed by atoms with Gasteiger partial charge in [-0.15, -0.1) is 0 Å². The summed E-state index contributed by atoms with van der Waals surface area (Å²) in [6.07, 6.45) is 0. The zero-order valence-electron chi connectivity index (χ0n) is 9.96. The van der Waals surface area contributed by atoms with Gasteiger partial charge in [-0.1, -0.05) is 35.1 Å². The number of nitrogens with zero attached hydrogens (tertiary/aromatic N) is 1. The molecule has 1 aliphatic heterocycles. The fourth-order valence-electron chi connectivity index (χ4n) is 2.29. The molecule has 1 aliphatic rings. The largest absolute Gasteiger partial charge is 1.00 e. The first-order valence-electron chi connectivity index (χ1n) is 5.58. The van der Waals surface area contributed by atoms with Crippen LogP contribution in [0.5, 0.6) is 0 Å². The molecule has 0 saturated carbocycles. The van der Waals surface area contributed by atoms with Gasteiger partial charge in [0.15, 0.2) is 0 Å². The van der Waals surface area contributed by atoms with Crippen LogP contribution < -0.4 is 26.9 Å². The number of hydrogen-bond donors (Lipinski definition) is 1. The van der Waals surface area contributed by atoms with Crippen molar-refractivity contribution in [1.29, 1.82) is 0 Å². The van der Waals surface area contributed by atoms with Crippen molar-refractivity contribution in [3.63, 3.8) is 0 Å². The van der Waals surface area contributed by atoms with E-state index in [2.05, 4.69) is 47.3 Å². The van der Waals surface area contributed by atoms with Crippen molar-refractivity contribution in [2.75, 3.05) is 11.9 Å². The molecule has 0 radical (unpaired) electrons. The van der Waals surface area contributed by atoms with Gasteiger partial charge in [0.25, 0.3) is 0 Å². The van der Waals surface area contributed by atoms with Crippen molar-refractivity contribution < 1.29 is 21.5 Å². The Morgan fingerprint density at radius 3 is 2.88 bits per heavy atom. The maximum atomic E-state index is 3.40. The third-order valence-electron chi connectivity index (χ3n) is 3.09. The molecule has 0 saturated heterocycles. The molecule has 2 heterocycles. The molecule has 2 nitrogen and oxygen atoms in total. The molecule has 1 aromatic heterocycles. The summed E-state index contributed by atoms with van der Waals surface area (Å²) in [6, 6.07) is 6.68. The van der Waals surface area contributed by atoms with Crippen LogP contribution in [0.2, 0.25) is 0 Å². The van der Waals surface area contributed by atoms with E-state index in [9.17, 15) is 0 Å². The quantitative estimate of drug-likeness (QED) is 0.718. The SMILES string of the molecule is Cc1ccc(-c2csc3[n+]2CCN3)c(C)c1.[Br-]. The molecule has 0 fully saturated rings. The second-order valence-electron chi connectivity index (χ2n) is 4.32. The molecular weight excluding hydrogens is 296 g/mol. The number of halogens is 1. The van der Waals surface area contributed by atoms with Gasteiger partial charge >= 0.3 is 5.13 Å². The minimum Gasteiger partial charge on any atom is -1.00 e. The highest BCUT2D eigenvalue weighted by Gasteiger charge is 2.24. The smallest absolute Gasteiger partial charge is 0.334 e. The van der Waals surface area contributed by atoms with E-state index in [1.54, 1.807) is 11.3 Å². The minimum absolute atomic E-state index is 0. The molecule has 0 bridgehead atoms. The molecule has 17 heavy (non-hydrogen) atoms. The number of fused-ring (bicyclic) bond motifs is 1. The van der Waals surface area contributed by atoms with E-state index >= 15 is 0 Å². The zero-order valence-corrected chi connectivity index (χ0v) is 12.4. The molecule has 0 aliphatic carbocycles. The lowest BCUT2D eigenvalue weighted by atomic mass is 10.0. The predicted octanol–water partition coefficient (Wildman–Crippen LogP) is -0.251. The van der Waals surface area contributed by atoms with Crippen LogP contribution in [0.1, 0.15) is 11.1 Å². The van der Waals surface area contributed by atoms with Crippen LogP contribution in [0.4, 0.5) is 5.13 Å². The monoisotopic (exact) mass is 310 g/mol. The van der Waals surface area contributed by atoms with E-state index in [0.717, 1.165) is 13.1 Å². The lowest BCUT2D eigenvalue weighted by Crippen LogP contribution is -3.00. The Bertz CT molecular complexity index is 548. The number of aryl methyl sites for hydroxylation is 2. The highest BCUT2D eigenvalue weighted by molar-refractivity contribution is 7.13. The first-order valence-corrected chi connectivity index (χ1v) is 6.46. The molecule has 0 amide bonds. The van der Waals surface area contributed by atoms with Gasteiger partial charge in [-0.3, -0.25) is 5.32 Å². The highest BCUT2D eigenvalue weighted by atomic mass is 79.9. The molecule has 0 atom stereocenters. The van der Waals surface area contributed by atoms with Crippen molar-refractivity contribution in [3.8, 4) is 11.3 Å². The van der Waals surface area contributed by atoms with Crippen molar-refractivity contribution >= 4 is 16.5 Å². The number of anilines is 1. The normalized spacial score (nSPS) is 12.8. The number of hydrogen-bond acceptors (Lipinski definition) is 2. The lowest BCUT2D eigenvalue weighted by Gasteiger charge is -2.04. The van der Waals surface area contributed by atoms with Gasteiger partial charge in [0.05, 0.1) is 0 Å². The van der Waals surface area contributed by atoms with Gasteiger partial charge in [-0.2, -0.15) is 0 Å². The first kappa shape index (κ1) is 12.6. The molecule has 0 unspecified atom stereocenters. The lowest BCUT2D eigenvalue weighted by molar-refractivity contribution is -0.655. The zero-order chi connectivity index (χ0) is 11.1. The summed E-state index contributed by atoms with van der Waals surface area (Å²) in [5.41, 5.74) is 5.40. The Labute approximate surface area is 116 Å². The Morgan fingerprint density at radius 1 is 1.29 bits per heavy atom. The summed E-state index contributed by atoms with van der Waals surface area (Å²) < 4.78 is 2.38. The van der Waals surface area contributed by atoms with E-state index in [0.29, 0.717) is 0 Å². The van der Waals surface area contributed by atoms with Crippen LogP contribution in [0, 0.1) is 13.8 Å². The molecule has 3 rings (SSSR count). The van der Waals surface area contributed by atoms with Crippen LogP contribution in [-0.2, 0) is 6.54 Å². The van der Waals surface area contributed by atoms with Crippen LogP contribution in [0.15, 0.2) is 23.6 Å². The average Bonchev–Trinajstić information content (AvgIpc) is 2.80. The van der Waals surface area contributed by atoms with Crippen molar-refractivity contribution in [2.45, 2.75) is 20.4 Å². The molecule has 90 valence electrons. The summed E-state index contributed by atoms with van der Waals surface area (Å²) in [4.78, 5) is 0. The Morgan fingerprint density at radius 2 is 2.12 bits per heavy atom. The fourth-order valence-corrected chi connectivity index (χ4v) is 3.27. The number of thiazole rings is 1. The number of aromatic nitrogens is 1. The molecule has 4 heteroatoms. The maximum absolute atomic E-state index is 3.40. The first-order chi connectivity index (χ1) is 7.75. The Hall–Kier alpha value is -0.870. The van der Waals surface area contributed by atoms with E-state index < -0.39 is 0 Å². The van der Waals surface area contributed by atoms with E-state index in [4.69, 9.17) is 0 Å². The Kier molecular flexibility index (Phi) is 3.54. The minimum atomic E-state index is 0. The Balaban J connectivity index is 0.00000108. The van der Waals surface area contributed by atoms with Gasteiger partial charge in [0, 0.05) is 10.9 Å². The summed E-state index contributed by atoms with van der Waals surface area (Å²) in [7, 11) is 0. The van der Waals surface area contributed by atoms with Gasteiger partial charge in [-0.05, 0) is 19.4 Å². The van der Waals surface area contributed by atoms with Crippen LogP contribution in [-0.4, -0.2) is 6.54 Å². The van der Waals surface area contributed by atoms with Gasteiger partial charge in [-0.25, -0.2) is 4.57 Å². The third-order valence-corrected chi connectivity index (χ3v) is 4.02. The van der Waals surface area contributed by atoms with Gasteiger partial charge in [0.1, 0.15) is 18.8 Å². The topological polar surface area (TPSA) is 15.9 Å². The summed E-state index contributed by atoms with van der Waals surface area (Å²) in [5.74, 6) is 0. The number of nitrogens with one attached hydrogen (secondary N) is 1.